The first kappa shape index (κ1) is 25.3. The molecule has 3 heteroatoms. The lowest BCUT2D eigenvalue weighted by molar-refractivity contribution is 0.0645. The van der Waals surface area contributed by atoms with Gasteiger partial charge in [-0.2, -0.15) is 15.8 Å². The zero-order valence-corrected chi connectivity index (χ0v) is 21.4. The van der Waals surface area contributed by atoms with Gasteiger partial charge in [0.1, 0.15) is 0 Å². The van der Waals surface area contributed by atoms with Gasteiger partial charge in [0.25, 0.3) is 0 Å². The van der Waals surface area contributed by atoms with Crippen LogP contribution in [0.1, 0.15) is 79.6 Å². The first-order valence-corrected chi connectivity index (χ1v) is 14.6. The van der Waals surface area contributed by atoms with Gasteiger partial charge >= 0.3 is 0 Å². The van der Waals surface area contributed by atoms with Gasteiger partial charge in [-0.3, -0.25) is 4.79 Å². The fraction of sp³-hybridized carbons (Fsp3) is 0.720. The van der Waals surface area contributed by atoms with E-state index in [1.807, 2.05) is 0 Å². The van der Waals surface area contributed by atoms with Crippen molar-refractivity contribution in [1.29, 1.82) is 0 Å². The average molecular weight is 403 g/mol. The number of hydrogen-bond acceptors (Lipinski definition) is 1. The fourth-order valence-electron chi connectivity index (χ4n) is 5.81. The molecule has 0 radical (unpaired) electrons. The van der Waals surface area contributed by atoms with E-state index >= 15 is 0 Å². The highest BCUT2D eigenvalue weighted by atomic mass is 27.2. The van der Waals surface area contributed by atoms with E-state index in [2.05, 4.69) is 98.4 Å². The molecule has 0 aliphatic rings. The number of nitrogens with zero attached hydrogens (tertiary/aromatic N) is 1. The highest BCUT2D eigenvalue weighted by Crippen LogP contribution is 2.33. The van der Waals surface area contributed by atoms with Gasteiger partial charge < -0.3 is 4.90 Å². The maximum atomic E-state index is 13.7. The van der Waals surface area contributed by atoms with Crippen LogP contribution in [0.4, 0.5) is 0 Å². The van der Waals surface area contributed by atoms with Gasteiger partial charge in [0.15, 0.2) is 13.1 Å². The van der Waals surface area contributed by atoms with Gasteiger partial charge in [-0.1, -0.05) is 77.5 Å². The second-order valence-corrected chi connectivity index (χ2v) is 15.8. The molecule has 0 saturated heterocycles. The molecule has 1 rings (SSSR count). The summed E-state index contributed by atoms with van der Waals surface area (Å²) in [7, 11) is 0. The summed E-state index contributed by atoms with van der Waals surface area (Å²) in [6.45, 7) is 22.6. The van der Waals surface area contributed by atoms with E-state index in [0.29, 0.717) is 17.8 Å². The van der Waals surface area contributed by atoms with Crippen LogP contribution in [0.5, 0.6) is 0 Å². The van der Waals surface area contributed by atoms with Crippen LogP contribution in [0, 0.1) is 17.8 Å². The summed E-state index contributed by atoms with van der Waals surface area (Å²) in [5.41, 5.74) is 0.983. The van der Waals surface area contributed by atoms with Crippen molar-refractivity contribution >= 4 is 23.4 Å². The first-order chi connectivity index (χ1) is 12.9. The second kappa shape index (κ2) is 10.8. The van der Waals surface area contributed by atoms with Crippen LogP contribution >= 0.6 is 0 Å². The number of benzene rings is 1. The van der Waals surface area contributed by atoms with Crippen molar-refractivity contribution in [3.63, 3.8) is 0 Å². The zero-order chi connectivity index (χ0) is 21.6. The monoisotopic (exact) mass is 402 g/mol. The molecule has 28 heavy (non-hydrogen) atoms. The SMILES string of the molecule is CC(C)[CH2][Al-]([CH2]C(C)C)([CH2]C(C)C)[c]1ccccc1C(=O)N(C(C)C)C(C)C. The Morgan fingerprint density at radius 3 is 1.50 bits per heavy atom. The van der Waals surface area contributed by atoms with E-state index in [9.17, 15) is 4.79 Å². The van der Waals surface area contributed by atoms with E-state index in [1.54, 1.807) is 0 Å². The molecule has 0 bridgehead atoms. The van der Waals surface area contributed by atoms with Crippen LogP contribution in [-0.4, -0.2) is 36.0 Å². The van der Waals surface area contributed by atoms with Crippen LogP contribution in [0.25, 0.3) is 0 Å². The third-order valence-corrected chi connectivity index (χ3v) is 13.3. The molecule has 0 fully saturated rings. The molecule has 0 aliphatic carbocycles. The number of carbonyl (C=O) groups excluding carboxylic acids is 1. The van der Waals surface area contributed by atoms with Gasteiger partial charge in [0.2, 0.25) is 5.91 Å². The molecule has 0 saturated carbocycles. The van der Waals surface area contributed by atoms with E-state index in [0.717, 1.165) is 5.56 Å². The summed E-state index contributed by atoms with van der Waals surface area (Å²) in [6.07, 6.45) is 0. The molecule has 2 nitrogen and oxygen atoms in total. The second-order valence-electron chi connectivity index (χ2n) is 10.9. The van der Waals surface area contributed by atoms with Crippen LogP contribution in [0.15, 0.2) is 24.3 Å². The number of carbonyl (C=O) groups is 1. The summed E-state index contributed by atoms with van der Waals surface area (Å²) in [4.78, 5) is 15.8. The Bertz CT molecular complexity index is 584. The normalized spacial score (nSPS) is 12.7. The molecule has 1 aromatic carbocycles. The Hall–Kier alpha value is -0.778. The Morgan fingerprint density at radius 1 is 0.750 bits per heavy atom. The zero-order valence-electron chi connectivity index (χ0n) is 20.3. The van der Waals surface area contributed by atoms with Crippen molar-refractivity contribution in [3.8, 4) is 0 Å². The van der Waals surface area contributed by atoms with Crippen molar-refractivity contribution in [2.75, 3.05) is 0 Å². The number of rotatable bonds is 10. The minimum Gasteiger partial charge on any atom is -0.334 e. The minimum absolute atomic E-state index is 0.209. The Labute approximate surface area is 177 Å². The summed E-state index contributed by atoms with van der Waals surface area (Å²) in [6, 6.07) is 9.05. The van der Waals surface area contributed by atoms with E-state index in [-0.39, 0.29) is 18.0 Å². The largest absolute Gasteiger partial charge is 0.334 e. The maximum Gasteiger partial charge on any atom is 0.250 e. The van der Waals surface area contributed by atoms with E-state index in [1.165, 1.54) is 20.3 Å². The Morgan fingerprint density at radius 2 is 1.14 bits per heavy atom. The molecule has 0 aromatic heterocycles. The summed E-state index contributed by atoms with van der Waals surface area (Å²) in [5, 5.41) is 3.87. The topological polar surface area (TPSA) is 20.3 Å². The van der Waals surface area contributed by atoms with Crippen LogP contribution in [-0.2, 0) is 0 Å². The third kappa shape index (κ3) is 6.64. The van der Waals surface area contributed by atoms with Crippen LogP contribution in [0.2, 0.25) is 15.8 Å². The van der Waals surface area contributed by atoms with E-state index in [4.69, 9.17) is 0 Å². The van der Waals surface area contributed by atoms with Crippen LogP contribution in [0.3, 0.4) is 0 Å². The highest BCUT2D eigenvalue weighted by Gasteiger charge is 2.36. The quantitative estimate of drug-likeness (QED) is 0.405. The van der Waals surface area contributed by atoms with Gasteiger partial charge in [-0.25, -0.2) is 4.43 Å². The number of hydrogen-bond donors (Lipinski definition) is 0. The van der Waals surface area contributed by atoms with Gasteiger partial charge in [0, 0.05) is 12.1 Å². The summed E-state index contributed by atoms with van der Waals surface area (Å²) < 4.78 is 1.43. The lowest BCUT2D eigenvalue weighted by Gasteiger charge is -2.44. The predicted molar refractivity (Wildman–Crippen MR) is 127 cm³/mol. The van der Waals surface area contributed by atoms with Crippen molar-refractivity contribution < 1.29 is 4.79 Å². The first-order valence-electron chi connectivity index (χ1n) is 11.5. The lowest BCUT2D eigenvalue weighted by atomic mass is 10.1. The maximum absolute atomic E-state index is 13.7. The Balaban J connectivity index is 3.64. The van der Waals surface area contributed by atoms with Crippen molar-refractivity contribution in [2.45, 2.75) is 97.2 Å². The summed E-state index contributed by atoms with van der Waals surface area (Å²) >= 11 is -2.21. The summed E-state index contributed by atoms with van der Waals surface area (Å²) in [5.74, 6) is 2.21. The van der Waals surface area contributed by atoms with Gasteiger partial charge in [-0.15, -0.1) is 6.07 Å². The highest BCUT2D eigenvalue weighted by molar-refractivity contribution is 6.92. The predicted octanol–water partition coefficient (Wildman–Crippen LogP) is 6.57. The molecule has 1 aromatic rings. The molecule has 160 valence electrons. The fourth-order valence-corrected chi connectivity index (χ4v) is 14.0. The third-order valence-electron chi connectivity index (χ3n) is 5.97. The molecular weight excluding hydrogens is 357 g/mol. The van der Waals surface area contributed by atoms with Crippen molar-refractivity contribution in [1.82, 2.24) is 4.90 Å². The lowest BCUT2D eigenvalue weighted by Crippen LogP contribution is -2.54. The average Bonchev–Trinajstić information content (AvgIpc) is 2.51. The molecule has 0 spiro atoms. The van der Waals surface area contributed by atoms with Crippen LogP contribution < -0.4 is 4.43 Å². The smallest absolute Gasteiger partial charge is 0.250 e. The Kier molecular flexibility index (Phi) is 9.78. The molecule has 0 heterocycles. The minimum atomic E-state index is -2.21. The molecule has 0 atom stereocenters. The molecule has 0 N–H and O–H groups in total. The van der Waals surface area contributed by atoms with Gasteiger partial charge in [0.05, 0.1) is 0 Å². The molecule has 1 amide bonds. The van der Waals surface area contributed by atoms with Crippen molar-refractivity contribution in [2.24, 2.45) is 17.8 Å². The van der Waals surface area contributed by atoms with Gasteiger partial charge in [-0.05, 0) is 33.3 Å². The van der Waals surface area contributed by atoms with Crippen molar-refractivity contribution in [3.05, 3.63) is 29.8 Å². The standard InChI is InChI=1S/C13H18NO.3C4H9.Al/c1-10(2)14(11(3)4)13(15)12-8-6-5-7-9-12;3*1-4(2)3;/h5-8,10-11H,1-4H3;3*4H,1H2,2-3H3;/q;;;;-1. The molecule has 0 aliphatic heterocycles. The molecular formula is C25H45AlNO-. The molecule has 0 unspecified atom stereocenters. The van der Waals surface area contributed by atoms with E-state index < -0.39 is 13.1 Å². The number of amides is 1.